The largest absolute Gasteiger partial charge is 0.480 e. The number of hydrogen-bond acceptors (Lipinski definition) is 4. The van der Waals surface area contributed by atoms with Crippen molar-refractivity contribution in [1.29, 1.82) is 0 Å². The number of alkyl carbamates (subject to hydrolysis) is 1. The standard InChI is InChI=1S/C15H22N2O4.ClH/c1-11(13(16)14(18)19)6-5-9-17-15(20)21-10-12-7-3-2-4-8-12;/h2-4,7-8,11,13H,5-6,9-10,16H2,1H3,(H,17,20)(H,18,19);1H/t11?,13-;/m0./s1. The summed E-state index contributed by atoms with van der Waals surface area (Å²) < 4.78 is 5.05. The number of carboxylic acids is 1. The lowest BCUT2D eigenvalue weighted by Crippen LogP contribution is -2.37. The molecule has 0 spiro atoms. The van der Waals surface area contributed by atoms with E-state index in [9.17, 15) is 9.59 Å². The lowest BCUT2D eigenvalue weighted by atomic mass is 9.97. The van der Waals surface area contributed by atoms with Gasteiger partial charge in [0.15, 0.2) is 0 Å². The van der Waals surface area contributed by atoms with Crippen LogP contribution in [0.25, 0.3) is 0 Å². The monoisotopic (exact) mass is 330 g/mol. The van der Waals surface area contributed by atoms with Crippen LogP contribution in [-0.2, 0) is 16.1 Å². The third kappa shape index (κ3) is 7.85. The van der Waals surface area contributed by atoms with E-state index in [-0.39, 0.29) is 24.9 Å². The number of rotatable bonds is 8. The summed E-state index contributed by atoms with van der Waals surface area (Å²) in [5.74, 6) is -1.14. The quantitative estimate of drug-likeness (QED) is 0.634. The predicted octanol–water partition coefficient (Wildman–Crippen LogP) is 2.16. The molecule has 7 heteroatoms. The highest BCUT2D eigenvalue weighted by atomic mass is 35.5. The van der Waals surface area contributed by atoms with Crippen LogP contribution in [-0.4, -0.2) is 29.8 Å². The van der Waals surface area contributed by atoms with Crippen LogP contribution < -0.4 is 11.1 Å². The lowest BCUT2D eigenvalue weighted by molar-refractivity contribution is -0.139. The minimum absolute atomic E-state index is 0. The Balaban J connectivity index is 0.00000441. The molecule has 0 radical (unpaired) electrons. The fourth-order valence-corrected chi connectivity index (χ4v) is 1.81. The van der Waals surface area contributed by atoms with Crippen LogP contribution in [0.4, 0.5) is 4.79 Å². The zero-order valence-corrected chi connectivity index (χ0v) is 13.3. The topological polar surface area (TPSA) is 102 Å². The Bertz CT molecular complexity index is 456. The maximum Gasteiger partial charge on any atom is 0.407 e. The molecule has 0 aliphatic rings. The number of amides is 1. The van der Waals surface area contributed by atoms with Crippen LogP contribution in [0.1, 0.15) is 25.3 Å². The van der Waals surface area contributed by atoms with Gasteiger partial charge in [-0.3, -0.25) is 4.79 Å². The Labute approximate surface area is 136 Å². The molecule has 124 valence electrons. The third-order valence-corrected chi connectivity index (χ3v) is 3.22. The second-order valence-corrected chi connectivity index (χ2v) is 4.97. The number of carbonyl (C=O) groups excluding carboxylic acids is 1. The van der Waals surface area contributed by atoms with Gasteiger partial charge in [-0.25, -0.2) is 4.79 Å². The number of nitrogens with two attached hydrogens (primary N) is 1. The summed E-state index contributed by atoms with van der Waals surface area (Å²) in [6, 6.07) is 8.54. The van der Waals surface area contributed by atoms with Gasteiger partial charge in [0, 0.05) is 6.54 Å². The van der Waals surface area contributed by atoms with Crippen LogP contribution >= 0.6 is 12.4 Å². The average Bonchev–Trinajstić information content (AvgIpc) is 2.49. The summed E-state index contributed by atoms with van der Waals surface area (Å²) in [5, 5.41) is 11.4. The molecule has 0 heterocycles. The highest BCUT2D eigenvalue weighted by Gasteiger charge is 2.19. The normalized spacial score (nSPS) is 12.6. The van der Waals surface area contributed by atoms with Gasteiger partial charge >= 0.3 is 12.1 Å². The van der Waals surface area contributed by atoms with Crippen LogP contribution in [0.5, 0.6) is 0 Å². The summed E-state index contributed by atoms with van der Waals surface area (Å²) >= 11 is 0. The molecule has 0 aromatic heterocycles. The van der Waals surface area contributed by atoms with Crippen molar-refractivity contribution in [3.05, 3.63) is 35.9 Å². The van der Waals surface area contributed by atoms with Crippen molar-refractivity contribution in [1.82, 2.24) is 5.32 Å². The van der Waals surface area contributed by atoms with Crippen molar-refractivity contribution in [2.24, 2.45) is 11.7 Å². The van der Waals surface area contributed by atoms with Gasteiger partial charge in [-0.1, -0.05) is 37.3 Å². The van der Waals surface area contributed by atoms with Crippen molar-refractivity contribution in [2.75, 3.05) is 6.54 Å². The molecular formula is C15H23ClN2O4. The number of hydrogen-bond donors (Lipinski definition) is 3. The number of carboxylic acid groups (broad SMARTS) is 1. The zero-order chi connectivity index (χ0) is 15.7. The minimum Gasteiger partial charge on any atom is -0.480 e. The molecule has 6 nitrogen and oxygen atoms in total. The molecule has 0 saturated heterocycles. The molecule has 0 fully saturated rings. The van der Waals surface area contributed by atoms with Gasteiger partial charge in [0.05, 0.1) is 0 Å². The fourth-order valence-electron chi connectivity index (χ4n) is 1.81. The summed E-state index contributed by atoms with van der Waals surface area (Å²) in [6.07, 6.45) is 0.809. The molecule has 0 aliphatic heterocycles. The maximum absolute atomic E-state index is 11.5. The number of aliphatic carboxylic acids is 1. The smallest absolute Gasteiger partial charge is 0.407 e. The molecule has 0 aliphatic carbocycles. The number of nitrogens with one attached hydrogen (secondary N) is 1. The molecule has 22 heavy (non-hydrogen) atoms. The van der Waals surface area contributed by atoms with E-state index in [4.69, 9.17) is 15.6 Å². The average molecular weight is 331 g/mol. The molecular weight excluding hydrogens is 308 g/mol. The summed E-state index contributed by atoms with van der Waals surface area (Å²) in [7, 11) is 0. The van der Waals surface area contributed by atoms with Crippen molar-refractivity contribution >= 4 is 24.5 Å². The van der Waals surface area contributed by atoms with Gasteiger partial charge < -0.3 is 20.9 Å². The lowest BCUT2D eigenvalue weighted by Gasteiger charge is -2.15. The number of ether oxygens (including phenoxy) is 1. The highest BCUT2D eigenvalue weighted by Crippen LogP contribution is 2.09. The predicted molar refractivity (Wildman–Crippen MR) is 85.9 cm³/mol. The van der Waals surface area contributed by atoms with Gasteiger partial charge in [-0.15, -0.1) is 12.4 Å². The zero-order valence-electron chi connectivity index (χ0n) is 12.5. The SMILES string of the molecule is CC(CCCNC(=O)OCc1ccccc1)[C@H](N)C(=O)O.Cl. The van der Waals surface area contributed by atoms with Crippen LogP contribution in [0.15, 0.2) is 30.3 Å². The van der Waals surface area contributed by atoms with Crippen molar-refractivity contribution in [3.63, 3.8) is 0 Å². The molecule has 1 rings (SSSR count). The Morgan fingerprint density at radius 2 is 1.95 bits per heavy atom. The minimum atomic E-state index is -1.00. The molecule has 1 aromatic rings. The van der Waals surface area contributed by atoms with Crippen molar-refractivity contribution < 1.29 is 19.4 Å². The Kier molecular flexibility index (Phi) is 9.98. The van der Waals surface area contributed by atoms with E-state index < -0.39 is 18.1 Å². The van der Waals surface area contributed by atoms with Gasteiger partial charge in [0.2, 0.25) is 0 Å². The molecule has 1 amide bonds. The first-order valence-corrected chi connectivity index (χ1v) is 6.93. The molecule has 4 N–H and O–H groups in total. The number of carbonyl (C=O) groups is 2. The summed E-state index contributed by atoms with van der Waals surface area (Å²) in [6.45, 7) is 2.45. The Hall–Kier alpha value is -1.79. The molecule has 2 atom stereocenters. The molecule has 1 unspecified atom stereocenters. The molecule has 0 bridgehead atoms. The molecule has 1 aromatic carbocycles. The first-order valence-electron chi connectivity index (χ1n) is 6.93. The van der Waals surface area contributed by atoms with Crippen molar-refractivity contribution in [2.45, 2.75) is 32.4 Å². The number of halogens is 1. The van der Waals surface area contributed by atoms with Gasteiger partial charge in [0.1, 0.15) is 12.6 Å². The second kappa shape index (κ2) is 10.9. The van der Waals surface area contributed by atoms with Gasteiger partial charge in [-0.2, -0.15) is 0 Å². The first kappa shape index (κ1) is 20.2. The van der Waals surface area contributed by atoms with Crippen molar-refractivity contribution in [3.8, 4) is 0 Å². The van der Waals surface area contributed by atoms with E-state index in [1.165, 1.54) is 0 Å². The van der Waals surface area contributed by atoms with Crippen LogP contribution in [0.2, 0.25) is 0 Å². The van der Waals surface area contributed by atoms with Crippen LogP contribution in [0, 0.1) is 5.92 Å². The van der Waals surface area contributed by atoms with E-state index >= 15 is 0 Å². The maximum atomic E-state index is 11.5. The van der Waals surface area contributed by atoms with E-state index in [0.717, 1.165) is 5.56 Å². The van der Waals surface area contributed by atoms with Crippen LogP contribution in [0.3, 0.4) is 0 Å². The van der Waals surface area contributed by atoms with E-state index in [1.54, 1.807) is 6.92 Å². The summed E-state index contributed by atoms with van der Waals surface area (Å²) in [5.41, 5.74) is 6.43. The second-order valence-electron chi connectivity index (χ2n) is 4.97. The van der Waals surface area contributed by atoms with E-state index in [1.807, 2.05) is 30.3 Å². The number of benzene rings is 1. The van der Waals surface area contributed by atoms with Gasteiger partial charge in [0.25, 0.3) is 0 Å². The van der Waals surface area contributed by atoms with Gasteiger partial charge in [-0.05, 0) is 24.3 Å². The Morgan fingerprint density at radius 3 is 2.55 bits per heavy atom. The fraction of sp³-hybridized carbons (Fsp3) is 0.467. The Morgan fingerprint density at radius 1 is 1.32 bits per heavy atom. The van der Waals surface area contributed by atoms with E-state index in [2.05, 4.69) is 5.32 Å². The molecule has 0 saturated carbocycles. The highest BCUT2D eigenvalue weighted by molar-refractivity contribution is 5.85. The third-order valence-electron chi connectivity index (χ3n) is 3.22. The van der Waals surface area contributed by atoms with E-state index in [0.29, 0.717) is 19.4 Å². The first-order chi connectivity index (χ1) is 10.0. The summed E-state index contributed by atoms with van der Waals surface area (Å²) in [4.78, 5) is 22.1.